The Morgan fingerprint density at radius 2 is 1.86 bits per heavy atom. The molecule has 0 unspecified atom stereocenters. The van der Waals surface area contributed by atoms with Crippen LogP contribution in [0.1, 0.15) is 19.4 Å². The molecule has 2 aromatic rings. The van der Waals surface area contributed by atoms with Crippen LogP contribution in [0, 0.1) is 6.92 Å². The highest BCUT2D eigenvalue weighted by Crippen LogP contribution is 2.21. The molecule has 0 spiro atoms. The van der Waals surface area contributed by atoms with Gasteiger partial charge in [0.25, 0.3) is 0 Å². The summed E-state index contributed by atoms with van der Waals surface area (Å²) in [6.07, 6.45) is 3.64. The normalized spacial score (nSPS) is 9.36. The van der Waals surface area contributed by atoms with Crippen molar-refractivity contribution in [2.45, 2.75) is 20.8 Å². The average molecular weight is 188 g/mol. The van der Waals surface area contributed by atoms with Gasteiger partial charge in [-0.3, -0.25) is 4.98 Å². The topological polar surface area (TPSA) is 38.9 Å². The molecule has 14 heavy (non-hydrogen) atoms. The van der Waals surface area contributed by atoms with Crippen molar-refractivity contribution >= 4 is 16.5 Å². The highest BCUT2D eigenvalue weighted by Gasteiger charge is 1.98. The number of nitrogen functional groups attached to an aromatic ring is 1. The number of pyridine rings is 1. The lowest BCUT2D eigenvalue weighted by Gasteiger charge is -2.03. The Morgan fingerprint density at radius 1 is 1.14 bits per heavy atom. The quantitative estimate of drug-likeness (QED) is 0.645. The van der Waals surface area contributed by atoms with Crippen molar-refractivity contribution in [2.24, 2.45) is 0 Å². The molecule has 0 amide bonds. The van der Waals surface area contributed by atoms with Crippen LogP contribution in [0.15, 0.2) is 30.6 Å². The molecule has 2 nitrogen and oxygen atoms in total. The molecule has 1 aromatic carbocycles. The molecule has 2 N–H and O–H groups in total. The number of benzene rings is 1. The number of aromatic nitrogens is 1. The number of rotatable bonds is 0. The summed E-state index contributed by atoms with van der Waals surface area (Å²) in [4.78, 5) is 4.04. The van der Waals surface area contributed by atoms with E-state index in [-0.39, 0.29) is 0 Å². The lowest BCUT2D eigenvalue weighted by atomic mass is 10.1. The first kappa shape index (κ1) is 10.5. The number of aryl methyl sites for hydroxylation is 1. The van der Waals surface area contributed by atoms with Gasteiger partial charge in [-0.15, -0.1) is 0 Å². The fourth-order valence-corrected chi connectivity index (χ4v) is 1.34. The standard InChI is InChI=1S/C10H10N2.C2H6/c1-7-9-4-5-12-6-8(9)2-3-10(7)11;1-2/h2-6H,11H2,1H3;1-2H3. The molecular weight excluding hydrogens is 172 g/mol. The summed E-state index contributed by atoms with van der Waals surface area (Å²) in [5.74, 6) is 0. The first-order valence-electron chi connectivity index (χ1n) is 4.88. The Kier molecular flexibility index (Phi) is 3.46. The molecule has 1 heterocycles. The second-order valence-corrected chi connectivity index (χ2v) is 2.88. The van der Waals surface area contributed by atoms with E-state index in [1.165, 1.54) is 5.39 Å². The van der Waals surface area contributed by atoms with Crippen LogP contribution >= 0.6 is 0 Å². The number of nitrogens with two attached hydrogens (primary N) is 1. The minimum Gasteiger partial charge on any atom is -0.398 e. The number of hydrogen-bond acceptors (Lipinski definition) is 2. The molecule has 74 valence electrons. The maximum Gasteiger partial charge on any atom is 0.0350 e. The van der Waals surface area contributed by atoms with Crippen molar-refractivity contribution in [1.82, 2.24) is 4.98 Å². The molecule has 0 aliphatic heterocycles. The summed E-state index contributed by atoms with van der Waals surface area (Å²) in [7, 11) is 0. The molecule has 0 atom stereocenters. The number of hydrogen-bond donors (Lipinski definition) is 1. The van der Waals surface area contributed by atoms with Crippen LogP contribution in [0.2, 0.25) is 0 Å². The van der Waals surface area contributed by atoms with Gasteiger partial charge in [-0.2, -0.15) is 0 Å². The van der Waals surface area contributed by atoms with Crippen LogP contribution < -0.4 is 5.73 Å². The van der Waals surface area contributed by atoms with Gasteiger partial charge in [0.05, 0.1) is 0 Å². The van der Waals surface area contributed by atoms with Crippen molar-refractivity contribution in [2.75, 3.05) is 5.73 Å². The van der Waals surface area contributed by atoms with Crippen molar-refractivity contribution in [1.29, 1.82) is 0 Å². The fraction of sp³-hybridized carbons (Fsp3) is 0.250. The molecule has 0 aliphatic carbocycles. The molecule has 0 aliphatic rings. The highest BCUT2D eigenvalue weighted by molar-refractivity contribution is 5.88. The number of anilines is 1. The van der Waals surface area contributed by atoms with E-state index >= 15 is 0 Å². The third kappa shape index (κ3) is 1.84. The lowest BCUT2D eigenvalue weighted by molar-refractivity contribution is 1.36. The maximum absolute atomic E-state index is 5.77. The first-order chi connectivity index (χ1) is 6.79. The predicted molar refractivity (Wildman–Crippen MR) is 62.2 cm³/mol. The Hall–Kier alpha value is -1.57. The Balaban J connectivity index is 0.000000461. The predicted octanol–water partition coefficient (Wildman–Crippen LogP) is 3.15. The van der Waals surface area contributed by atoms with E-state index in [0.29, 0.717) is 0 Å². The van der Waals surface area contributed by atoms with Crippen molar-refractivity contribution < 1.29 is 0 Å². The van der Waals surface area contributed by atoms with E-state index in [2.05, 4.69) is 4.98 Å². The molecule has 0 saturated carbocycles. The maximum atomic E-state index is 5.77. The summed E-state index contributed by atoms with van der Waals surface area (Å²) < 4.78 is 0. The summed E-state index contributed by atoms with van der Waals surface area (Å²) in [6, 6.07) is 5.89. The van der Waals surface area contributed by atoms with Gasteiger partial charge in [0.15, 0.2) is 0 Å². The largest absolute Gasteiger partial charge is 0.398 e. The van der Waals surface area contributed by atoms with E-state index in [9.17, 15) is 0 Å². The summed E-state index contributed by atoms with van der Waals surface area (Å²) in [5.41, 5.74) is 7.74. The second kappa shape index (κ2) is 4.61. The van der Waals surface area contributed by atoms with E-state index in [4.69, 9.17) is 5.73 Å². The highest BCUT2D eigenvalue weighted by atomic mass is 14.6. The SMILES string of the molecule is CC.Cc1c(N)ccc2cnccc12. The first-order valence-corrected chi connectivity index (χ1v) is 4.88. The Morgan fingerprint density at radius 3 is 2.57 bits per heavy atom. The molecule has 1 aromatic heterocycles. The van der Waals surface area contributed by atoms with Crippen molar-refractivity contribution in [3.8, 4) is 0 Å². The van der Waals surface area contributed by atoms with Crippen LogP contribution in [0.4, 0.5) is 5.69 Å². The minimum absolute atomic E-state index is 0.841. The Labute approximate surface area is 84.8 Å². The van der Waals surface area contributed by atoms with Gasteiger partial charge in [-0.05, 0) is 30.0 Å². The fourth-order valence-electron chi connectivity index (χ4n) is 1.34. The summed E-state index contributed by atoms with van der Waals surface area (Å²) >= 11 is 0. The van der Waals surface area contributed by atoms with E-state index < -0.39 is 0 Å². The zero-order valence-corrected chi connectivity index (χ0v) is 8.91. The average Bonchev–Trinajstić information content (AvgIpc) is 2.27. The van der Waals surface area contributed by atoms with Gasteiger partial charge in [-0.25, -0.2) is 0 Å². The molecular formula is C12H16N2. The van der Waals surface area contributed by atoms with Gasteiger partial charge in [0.2, 0.25) is 0 Å². The van der Waals surface area contributed by atoms with Gasteiger partial charge in [0.1, 0.15) is 0 Å². The summed E-state index contributed by atoms with van der Waals surface area (Å²) in [5, 5.41) is 2.33. The third-order valence-electron chi connectivity index (χ3n) is 2.13. The van der Waals surface area contributed by atoms with Gasteiger partial charge >= 0.3 is 0 Å². The molecule has 0 bridgehead atoms. The van der Waals surface area contributed by atoms with Gasteiger partial charge in [-0.1, -0.05) is 19.9 Å². The van der Waals surface area contributed by atoms with Gasteiger partial charge < -0.3 is 5.73 Å². The Bertz CT molecular complexity index is 422. The molecule has 2 heteroatoms. The lowest BCUT2D eigenvalue weighted by Crippen LogP contribution is -1.89. The van der Waals surface area contributed by atoms with Crippen molar-refractivity contribution in [3.05, 3.63) is 36.2 Å². The van der Waals surface area contributed by atoms with E-state index in [0.717, 1.165) is 16.6 Å². The molecule has 0 fully saturated rings. The van der Waals surface area contributed by atoms with Crippen LogP contribution in [0.5, 0.6) is 0 Å². The van der Waals surface area contributed by atoms with Crippen LogP contribution in [-0.2, 0) is 0 Å². The number of fused-ring (bicyclic) bond motifs is 1. The van der Waals surface area contributed by atoms with E-state index in [1.54, 1.807) is 6.20 Å². The minimum atomic E-state index is 0.841. The summed E-state index contributed by atoms with van der Waals surface area (Å²) in [6.45, 7) is 6.03. The van der Waals surface area contributed by atoms with Crippen LogP contribution in [-0.4, -0.2) is 4.98 Å². The zero-order valence-electron chi connectivity index (χ0n) is 8.91. The molecule has 0 saturated heterocycles. The van der Waals surface area contributed by atoms with Crippen LogP contribution in [0.3, 0.4) is 0 Å². The smallest absolute Gasteiger partial charge is 0.0350 e. The number of nitrogens with zero attached hydrogens (tertiary/aromatic N) is 1. The molecule has 2 rings (SSSR count). The van der Waals surface area contributed by atoms with Crippen LogP contribution in [0.25, 0.3) is 10.8 Å². The molecule has 0 radical (unpaired) electrons. The zero-order chi connectivity index (χ0) is 10.6. The second-order valence-electron chi connectivity index (χ2n) is 2.88. The van der Waals surface area contributed by atoms with E-state index in [1.807, 2.05) is 45.2 Å². The third-order valence-corrected chi connectivity index (χ3v) is 2.13. The van der Waals surface area contributed by atoms with Gasteiger partial charge in [0, 0.05) is 23.5 Å². The monoisotopic (exact) mass is 188 g/mol. The van der Waals surface area contributed by atoms with Crippen molar-refractivity contribution in [3.63, 3.8) is 0 Å².